The van der Waals surface area contributed by atoms with Crippen molar-refractivity contribution in [2.24, 2.45) is 0 Å². The third kappa shape index (κ3) is 5.71. The van der Waals surface area contributed by atoms with E-state index in [1.165, 1.54) is 24.8 Å². The van der Waals surface area contributed by atoms with E-state index in [1.807, 2.05) is 17.0 Å². The summed E-state index contributed by atoms with van der Waals surface area (Å²) in [5.41, 5.74) is 1.23. The van der Waals surface area contributed by atoms with E-state index in [0.717, 1.165) is 26.1 Å². The lowest BCUT2D eigenvalue weighted by Gasteiger charge is -2.04. The van der Waals surface area contributed by atoms with Crippen molar-refractivity contribution in [3.8, 4) is 0 Å². The first-order valence-corrected chi connectivity index (χ1v) is 6.13. The zero-order valence-electron chi connectivity index (χ0n) is 10.3. The average Bonchev–Trinajstić information content (AvgIpc) is 2.68. The van der Waals surface area contributed by atoms with Gasteiger partial charge in [-0.15, -0.1) is 6.58 Å². The predicted octanol–water partition coefficient (Wildman–Crippen LogP) is 2.53. The molecule has 0 aromatic carbocycles. The van der Waals surface area contributed by atoms with Crippen molar-refractivity contribution in [3.63, 3.8) is 0 Å². The highest BCUT2D eigenvalue weighted by Gasteiger charge is 1.93. The van der Waals surface area contributed by atoms with Crippen LogP contribution in [0, 0.1) is 6.92 Å². The van der Waals surface area contributed by atoms with Crippen molar-refractivity contribution < 1.29 is 0 Å². The number of nitrogens with zero attached hydrogens (tertiary/aromatic N) is 2. The number of unbranched alkanes of at least 4 members (excludes halogenated alkanes) is 3. The van der Waals surface area contributed by atoms with Gasteiger partial charge in [-0.1, -0.05) is 12.5 Å². The Labute approximate surface area is 98.5 Å². The second-order valence-corrected chi connectivity index (χ2v) is 4.17. The molecule has 16 heavy (non-hydrogen) atoms. The van der Waals surface area contributed by atoms with Gasteiger partial charge in [0.05, 0.1) is 12.7 Å². The minimum Gasteiger partial charge on any atom is -0.315 e. The Morgan fingerprint density at radius 3 is 2.94 bits per heavy atom. The molecule has 0 spiro atoms. The maximum atomic E-state index is 4.24. The highest BCUT2D eigenvalue weighted by Crippen LogP contribution is 1.98. The molecule has 1 rings (SSSR count). The van der Waals surface area contributed by atoms with Gasteiger partial charge in [-0.25, -0.2) is 0 Å². The van der Waals surface area contributed by atoms with Gasteiger partial charge in [0.25, 0.3) is 0 Å². The highest BCUT2D eigenvalue weighted by atomic mass is 15.3. The van der Waals surface area contributed by atoms with E-state index in [2.05, 4.69) is 30.1 Å². The highest BCUT2D eigenvalue weighted by molar-refractivity contribution is 4.99. The summed E-state index contributed by atoms with van der Waals surface area (Å²) in [7, 11) is 0. The van der Waals surface area contributed by atoms with Crippen LogP contribution in [0.4, 0.5) is 0 Å². The SMILES string of the molecule is C=CCCCCCNCCn1cc(C)cn1. The molecule has 0 aliphatic rings. The number of nitrogens with one attached hydrogen (secondary N) is 1. The summed E-state index contributed by atoms with van der Waals surface area (Å²) in [5.74, 6) is 0. The number of allylic oxidation sites excluding steroid dienone is 1. The van der Waals surface area contributed by atoms with Crippen LogP contribution < -0.4 is 5.32 Å². The monoisotopic (exact) mass is 221 g/mol. The normalized spacial score (nSPS) is 10.6. The van der Waals surface area contributed by atoms with E-state index < -0.39 is 0 Å². The molecule has 90 valence electrons. The molecular weight excluding hydrogens is 198 g/mol. The maximum Gasteiger partial charge on any atom is 0.0534 e. The fourth-order valence-corrected chi connectivity index (χ4v) is 1.62. The molecule has 3 heteroatoms. The lowest BCUT2D eigenvalue weighted by Crippen LogP contribution is -2.21. The van der Waals surface area contributed by atoms with Crippen LogP contribution in [-0.2, 0) is 6.54 Å². The number of hydrogen-bond donors (Lipinski definition) is 1. The van der Waals surface area contributed by atoms with Crippen LogP contribution in [0.1, 0.15) is 31.2 Å². The summed E-state index contributed by atoms with van der Waals surface area (Å²) < 4.78 is 1.99. The minimum atomic E-state index is 0.959. The van der Waals surface area contributed by atoms with Gasteiger partial charge in [0.1, 0.15) is 0 Å². The molecule has 1 aromatic heterocycles. The summed E-state index contributed by atoms with van der Waals surface area (Å²) >= 11 is 0. The van der Waals surface area contributed by atoms with Crippen molar-refractivity contribution in [2.75, 3.05) is 13.1 Å². The van der Waals surface area contributed by atoms with Gasteiger partial charge in [-0.2, -0.15) is 5.10 Å². The van der Waals surface area contributed by atoms with Gasteiger partial charge in [0.15, 0.2) is 0 Å². The van der Waals surface area contributed by atoms with Crippen molar-refractivity contribution in [2.45, 2.75) is 39.2 Å². The zero-order chi connectivity index (χ0) is 11.6. The molecule has 0 atom stereocenters. The van der Waals surface area contributed by atoms with Crippen LogP contribution >= 0.6 is 0 Å². The summed E-state index contributed by atoms with van der Waals surface area (Å²) in [4.78, 5) is 0. The van der Waals surface area contributed by atoms with Gasteiger partial charge in [0, 0.05) is 12.7 Å². The molecular formula is C13H23N3. The first-order valence-electron chi connectivity index (χ1n) is 6.13. The van der Waals surface area contributed by atoms with Crippen LogP contribution in [0.5, 0.6) is 0 Å². The van der Waals surface area contributed by atoms with Crippen molar-refractivity contribution in [1.29, 1.82) is 0 Å². The lowest BCUT2D eigenvalue weighted by molar-refractivity contribution is 0.537. The molecule has 0 aliphatic carbocycles. The van der Waals surface area contributed by atoms with Crippen LogP contribution in [0.15, 0.2) is 25.0 Å². The number of hydrogen-bond acceptors (Lipinski definition) is 2. The Morgan fingerprint density at radius 2 is 2.25 bits per heavy atom. The fraction of sp³-hybridized carbons (Fsp3) is 0.615. The van der Waals surface area contributed by atoms with E-state index in [1.54, 1.807) is 0 Å². The summed E-state index contributed by atoms with van der Waals surface area (Å²) in [6.07, 6.45) is 10.9. The maximum absolute atomic E-state index is 4.24. The topological polar surface area (TPSA) is 29.9 Å². The largest absolute Gasteiger partial charge is 0.315 e. The Bertz CT molecular complexity index is 291. The first kappa shape index (κ1) is 13.0. The van der Waals surface area contributed by atoms with E-state index in [-0.39, 0.29) is 0 Å². The molecule has 0 saturated carbocycles. The molecule has 0 fully saturated rings. The standard InChI is InChI=1S/C13H23N3/c1-3-4-5-6-7-8-14-9-10-16-12-13(2)11-15-16/h3,11-12,14H,1,4-10H2,2H3. The van der Waals surface area contributed by atoms with Crippen molar-refractivity contribution >= 4 is 0 Å². The fourth-order valence-electron chi connectivity index (χ4n) is 1.62. The first-order chi connectivity index (χ1) is 7.83. The van der Waals surface area contributed by atoms with E-state index in [4.69, 9.17) is 0 Å². The van der Waals surface area contributed by atoms with Gasteiger partial charge < -0.3 is 5.32 Å². The van der Waals surface area contributed by atoms with E-state index in [0.29, 0.717) is 0 Å². The molecule has 0 bridgehead atoms. The molecule has 0 saturated heterocycles. The predicted molar refractivity (Wildman–Crippen MR) is 68.5 cm³/mol. The van der Waals surface area contributed by atoms with Crippen molar-refractivity contribution in [1.82, 2.24) is 15.1 Å². The van der Waals surface area contributed by atoms with Gasteiger partial charge >= 0.3 is 0 Å². The Morgan fingerprint density at radius 1 is 1.38 bits per heavy atom. The molecule has 3 nitrogen and oxygen atoms in total. The molecule has 0 aliphatic heterocycles. The minimum absolute atomic E-state index is 0.959. The second-order valence-electron chi connectivity index (χ2n) is 4.17. The average molecular weight is 221 g/mol. The zero-order valence-corrected chi connectivity index (χ0v) is 10.3. The summed E-state index contributed by atoms with van der Waals surface area (Å²) in [6, 6.07) is 0. The smallest absolute Gasteiger partial charge is 0.0534 e. The Kier molecular flexibility index (Phi) is 6.58. The molecule has 0 radical (unpaired) electrons. The summed E-state index contributed by atoms with van der Waals surface area (Å²) in [6.45, 7) is 8.85. The van der Waals surface area contributed by atoms with Crippen LogP contribution in [0.3, 0.4) is 0 Å². The molecule has 0 amide bonds. The number of rotatable bonds is 9. The summed E-state index contributed by atoms with van der Waals surface area (Å²) in [5, 5.41) is 7.67. The van der Waals surface area contributed by atoms with Crippen molar-refractivity contribution in [3.05, 3.63) is 30.6 Å². The third-order valence-electron chi connectivity index (χ3n) is 2.54. The second kappa shape index (κ2) is 8.11. The van der Waals surface area contributed by atoms with Gasteiger partial charge in [0.2, 0.25) is 0 Å². The van der Waals surface area contributed by atoms with E-state index in [9.17, 15) is 0 Å². The number of aryl methyl sites for hydroxylation is 1. The van der Waals surface area contributed by atoms with Gasteiger partial charge in [-0.05, 0) is 38.3 Å². The van der Waals surface area contributed by atoms with E-state index >= 15 is 0 Å². The molecule has 1 aromatic rings. The molecule has 1 heterocycles. The molecule has 1 N–H and O–H groups in total. The number of aromatic nitrogens is 2. The van der Waals surface area contributed by atoms with Crippen LogP contribution in [0.2, 0.25) is 0 Å². The third-order valence-corrected chi connectivity index (χ3v) is 2.54. The lowest BCUT2D eigenvalue weighted by atomic mass is 10.2. The quantitative estimate of drug-likeness (QED) is 0.513. The van der Waals surface area contributed by atoms with Crippen LogP contribution in [-0.4, -0.2) is 22.9 Å². The Balaban J connectivity index is 1.90. The van der Waals surface area contributed by atoms with Crippen LogP contribution in [0.25, 0.3) is 0 Å². The van der Waals surface area contributed by atoms with Gasteiger partial charge in [-0.3, -0.25) is 4.68 Å². The Hall–Kier alpha value is -1.09. The molecule has 0 unspecified atom stereocenters.